The van der Waals surface area contributed by atoms with E-state index < -0.39 is 0 Å². The highest BCUT2D eigenvalue weighted by Gasteiger charge is 2.51. The monoisotopic (exact) mass is 310 g/mol. The Morgan fingerprint density at radius 3 is 2.91 bits per heavy atom. The topological polar surface area (TPSA) is 20.2 Å². The maximum Gasteiger partial charge on any atom is 0.115 e. The molecule has 0 bridgehead atoms. The molecule has 2 saturated carbocycles. The molecular formula is C22H30O. The molecule has 0 amide bonds. The maximum atomic E-state index is 9.77. The molecule has 4 rings (SSSR count). The molecule has 1 N–H and O–H groups in total. The molecule has 1 aromatic rings. The third-order valence-electron chi connectivity index (χ3n) is 7.27. The zero-order valence-corrected chi connectivity index (χ0v) is 14.6. The third-order valence-corrected chi connectivity index (χ3v) is 7.27. The molecule has 4 atom stereocenters. The highest BCUT2D eigenvalue weighted by molar-refractivity contribution is 5.47. The van der Waals surface area contributed by atoms with Crippen LogP contribution in [0.15, 0.2) is 29.8 Å². The van der Waals surface area contributed by atoms with Crippen LogP contribution in [0.3, 0.4) is 0 Å². The van der Waals surface area contributed by atoms with Crippen LogP contribution in [-0.2, 0) is 6.42 Å². The normalized spacial score (nSPS) is 35.2. The van der Waals surface area contributed by atoms with Crippen molar-refractivity contribution in [1.29, 1.82) is 0 Å². The molecule has 1 nitrogen and oxygen atoms in total. The number of benzene rings is 1. The zero-order valence-electron chi connectivity index (χ0n) is 14.6. The summed E-state index contributed by atoms with van der Waals surface area (Å²) in [5, 5.41) is 9.77. The van der Waals surface area contributed by atoms with Gasteiger partial charge in [0.15, 0.2) is 0 Å². The van der Waals surface area contributed by atoms with E-state index in [4.69, 9.17) is 0 Å². The van der Waals surface area contributed by atoms with Gasteiger partial charge in [0.1, 0.15) is 5.75 Å². The Hall–Kier alpha value is -1.24. The van der Waals surface area contributed by atoms with Crippen LogP contribution >= 0.6 is 0 Å². The molecule has 1 heteroatoms. The van der Waals surface area contributed by atoms with Crippen molar-refractivity contribution in [2.24, 2.45) is 17.3 Å². The average molecular weight is 310 g/mol. The molecule has 0 aromatic heterocycles. The quantitative estimate of drug-likeness (QED) is 0.681. The fourth-order valence-corrected chi connectivity index (χ4v) is 5.98. The van der Waals surface area contributed by atoms with Gasteiger partial charge >= 0.3 is 0 Å². The van der Waals surface area contributed by atoms with Crippen molar-refractivity contribution < 1.29 is 5.11 Å². The molecule has 0 aliphatic heterocycles. The minimum Gasteiger partial charge on any atom is -0.508 e. The van der Waals surface area contributed by atoms with E-state index in [1.165, 1.54) is 56.1 Å². The number of rotatable bonds is 3. The van der Waals surface area contributed by atoms with Crippen molar-refractivity contribution in [2.75, 3.05) is 0 Å². The number of aromatic hydroxyl groups is 1. The Labute approximate surface area is 140 Å². The van der Waals surface area contributed by atoms with Gasteiger partial charge in [0.25, 0.3) is 0 Å². The summed E-state index contributed by atoms with van der Waals surface area (Å²) in [7, 11) is 0. The fourth-order valence-electron chi connectivity index (χ4n) is 5.98. The summed E-state index contributed by atoms with van der Waals surface area (Å²) in [4.78, 5) is 0. The Kier molecular flexibility index (Phi) is 3.78. The van der Waals surface area contributed by atoms with Crippen molar-refractivity contribution in [2.45, 2.75) is 71.1 Å². The summed E-state index contributed by atoms with van der Waals surface area (Å²) in [5.74, 6) is 2.80. The van der Waals surface area contributed by atoms with Crippen LogP contribution in [0.1, 0.15) is 75.8 Å². The Morgan fingerprint density at radius 2 is 2.09 bits per heavy atom. The second-order valence-corrected chi connectivity index (χ2v) is 8.36. The lowest BCUT2D eigenvalue weighted by Crippen LogP contribution is -2.37. The Morgan fingerprint density at radius 1 is 1.22 bits per heavy atom. The SMILES string of the molecule is CCCC[C@H]1CCC2C3=CCc4cc(O)ccc4C3CC[C@@]21C. The lowest BCUT2D eigenvalue weighted by atomic mass is 9.57. The summed E-state index contributed by atoms with van der Waals surface area (Å²) in [6.45, 7) is 4.91. The molecule has 2 fully saturated rings. The van der Waals surface area contributed by atoms with Crippen molar-refractivity contribution >= 4 is 0 Å². The molecular weight excluding hydrogens is 280 g/mol. The van der Waals surface area contributed by atoms with Crippen LogP contribution in [0.4, 0.5) is 0 Å². The Bertz CT molecular complexity index is 629. The van der Waals surface area contributed by atoms with Crippen molar-refractivity contribution in [3.8, 4) is 5.75 Å². The van der Waals surface area contributed by atoms with Gasteiger partial charge in [-0.3, -0.25) is 0 Å². The van der Waals surface area contributed by atoms with E-state index in [0.717, 1.165) is 18.3 Å². The second kappa shape index (κ2) is 5.69. The van der Waals surface area contributed by atoms with Crippen LogP contribution in [0.2, 0.25) is 0 Å². The van der Waals surface area contributed by atoms with Gasteiger partial charge in [-0.15, -0.1) is 0 Å². The van der Waals surface area contributed by atoms with E-state index in [0.29, 0.717) is 17.1 Å². The number of fused-ring (bicyclic) bond motifs is 5. The van der Waals surface area contributed by atoms with Gasteiger partial charge in [-0.1, -0.05) is 44.4 Å². The van der Waals surface area contributed by atoms with E-state index in [2.05, 4.69) is 26.0 Å². The molecule has 3 aliphatic carbocycles. The second-order valence-electron chi connectivity index (χ2n) is 8.36. The van der Waals surface area contributed by atoms with Crippen LogP contribution in [0.5, 0.6) is 5.75 Å². The van der Waals surface area contributed by atoms with Gasteiger partial charge < -0.3 is 5.11 Å². The third kappa shape index (κ3) is 2.35. The fraction of sp³-hybridized carbons (Fsp3) is 0.636. The molecule has 1 aromatic carbocycles. The van der Waals surface area contributed by atoms with Gasteiger partial charge in [-0.25, -0.2) is 0 Å². The van der Waals surface area contributed by atoms with Crippen molar-refractivity contribution in [3.63, 3.8) is 0 Å². The van der Waals surface area contributed by atoms with Gasteiger partial charge in [-0.2, -0.15) is 0 Å². The van der Waals surface area contributed by atoms with Gasteiger partial charge in [0.2, 0.25) is 0 Å². The van der Waals surface area contributed by atoms with Gasteiger partial charge in [-0.05, 0) is 79.0 Å². The highest BCUT2D eigenvalue weighted by Crippen LogP contribution is 2.62. The van der Waals surface area contributed by atoms with Crippen LogP contribution in [0, 0.1) is 17.3 Å². The number of hydrogen-bond acceptors (Lipinski definition) is 1. The first-order chi connectivity index (χ1) is 11.1. The summed E-state index contributed by atoms with van der Waals surface area (Å²) < 4.78 is 0. The summed E-state index contributed by atoms with van der Waals surface area (Å²) in [5.41, 5.74) is 5.14. The molecule has 124 valence electrons. The van der Waals surface area contributed by atoms with E-state index in [1.807, 2.05) is 12.1 Å². The molecule has 0 radical (unpaired) electrons. The first-order valence-corrected chi connectivity index (χ1v) is 9.65. The van der Waals surface area contributed by atoms with E-state index >= 15 is 0 Å². The van der Waals surface area contributed by atoms with Gasteiger partial charge in [0.05, 0.1) is 0 Å². The molecule has 3 aliphatic rings. The molecule has 0 saturated heterocycles. The molecule has 0 heterocycles. The highest BCUT2D eigenvalue weighted by atomic mass is 16.3. The number of phenols is 1. The standard InChI is InChI=1S/C22H30O/c1-3-4-5-16-7-11-21-20-9-6-15-14-17(23)8-10-18(15)19(20)12-13-22(16,21)2/h8-10,14,16,19,21,23H,3-7,11-13H2,1-2H3/t16-,19?,21?,22+/m0/s1. The lowest BCUT2D eigenvalue weighted by Gasteiger charge is -2.47. The van der Waals surface area contributed by atoms with E-state index in [1.54, 1.807) is 5.57 Å². The van der Waals surface area contributed by atoms with E-state index in [9.17, 15) is 5.11 Å². The van der Waals surface area contributed by atoms with Crippen molar-refractivity contribution in [1.82, 2.24) is 0 Å². The number of hydrogen-bond donors (Lipinski definition) is 1. The van der Waals surface area contributed by atoms with E-state index in [-0.39, 0.29) is 0 Å². The molecule has 23 heavy (non-hydrogen) atoms. The number of unbranched alkanes of at least 4 members (excludes halogenated alkanes) is 1. The lowest BCUT2D eigenvalue weighted by molar-refractivity contribution is 0.119. The van der Waals surface area contributed by atoms with Crippen LogP contribution < -0.4 is 0 Å². The number of phenolic OH excluding ortho intramolecular Hbond substituents is 1. The maximum absolute atomic E-state index is 9.77. The van der Waals surface area contributed by atoms with Crippen molar-refractivity contribution in [3.05, 3.63) is 41.0 Å². The Balaban J connectivity index is 1.63. The first-order valence-electron chi connectivity index (χ1n) is 9.65. The van der Waals surface area contributed by atoms with Crippen LogP contribution in [-0.4, -0.2) is 5.11 Å². The minimum absolute atomic E-state index is 0.418. The summed E-state index contributed by atoms with van der Waals surface area (Å²) >= 11 is 0. The smallest absolute Gasteiger partial charge is 0.115 e. The van der Waals surface area contributed by atoms with Gasteiger partial charge in [0, 0.05) is 5.92 Å². The predicted molar refractivity (Wildman–Crippen MR) is 95.7 cm³/mol. The minimum atomic E-state index is 0.418. The average Bonchev–Trinajstić information content (AvgIpc) is 2.89. The summed E-state index contributed by atoms with van der Waals surface area (Å²) in [6, 6.07) is 6.05. The van der Waals surface area contributed by atoms with Crippen LogP contribution in [0.25, 0.3) is 0 Å². The predicted octanol–water partition coefficient (Wildman–Crippen LogP) is 5.97. The summed E-state index contributed by atoms with van der Waals surface area (Å²) in [6.07, 6.45) is 13.2. The largest absolute Gasteiger partial charge is 0.508 e. The first kappa shape index (κ1) is 15.3. The molecule has 2 unspecified atom stereocenters. The molecule has 0 spiro atoms. The zero-order chi connectivity index (χ0) is 16.0. The number of allylic oxidation sites excluding steroid dienone is 2.